The van der Waals surface area contributed by atoms with Crippen LogP contribution in [0.4, 0.5) is 0 Å². The number of fused-ring (bicyclic) bond motifs is 1. The van der Waals surface area contributed by atoms with Gasteiger partial charge < -0.3 is 14.2 Å². The topological polar surface area (TPSA) is 44.8 Å². The molecule has 1 aliphatic heterocycles. The van der Waals surface area contributed by atoms with Crippen molar-refractivity contribution in [3.8, 4) is 17.2 Å². The van der Waals surface area contributed by atoms with Gasteiger partial charge in [0, 0.05) is 11.6 Å². The summed E-state index contributed by atoms with van der Waals surface area (Å²) in [6.07, 6.45) is 1.73. The molecule has 4 nitrogen and oxygen atoms in total. The normalized spacial score (nSPS) is 13.5. The van der Waals surface area contributed by atoms with Crippen molar-refractivity contribution in [1.29, 1.82) is 0 Å². The van der Waals surface area contributed by atoms with E-state index < -0.39 is 0 Å². The molecule has 0 spiro atoms. The van der Waals surface area contributed by atoms with Crippen LogP contribution in [0.3, 0.4) is 0 Å². The second-order valence-electron chi connectivity index (χ2n) is 7.68. The highest BCUT2D eigenvalue weighted by molar-refractivity contribution is 6.14. The molecule has 162 valence electrons. The van der Waals surface area contributed by atoms with Gasteiger partial charge in [0.2, 0.25) is 5.78 Å². The van der Waals surface area contributed by atoms with Crippen molar-refractivity contribution < 1.29 is 19.0 Å². The maximum absolute atomic E-state index is 12.8. The van der Waals surface area contributed by atoms with Crippen molar-refractivity contribution in [3.05, 3.63) is 131 Å². The Morgan fingerprint density at radius 3 is 2.03 bits per heavy atom. The third kappa shape index (κ3) is 4.80. The van der Waals surface area contributed by atoms with E-state index in [0.29, 0.717) is 36.0 Å². The third-order valence-electron chi connectivity index (χ3n) is 5.33. The molecule has 0 aromatic heterocycles. The van der Waals surface area contributed by atoms with Gasteiger partial charge in [0.1, 0.15) is 30.5 Å². The summed E-state index contributed by atoms with van der Waals surface area (Å²) in [7, 11) is 0. The van der Waals surface area contributed by atoms with E-state index in [9.17, 15) is 4.79 Å². The van der Waals surface area contributed by atoms with Gasteiger partial charge in [-0.25, -0.2) is 0 Å². The molecule has 0 aliphatic carbocycles. The molecular weight excluding hydrogens is 412 g/mol. The molecule has 0 N–H and O–H groups in total. The predicted octanol–water partition coefficient (Wildman–Crippen LogP) is 6.46. The Kier molecular flexibility index (Phi) is 5.89. The second-order valence-corrected chi connectivity index (χ2v) is 7.68. The minimum absolute atomic E-state index is 0.135. The van der Waals surface area contributed by atoms with E-state index >= 15 is 0 Å². The van der Waals surface area contributed by atoms with Crippen LogP contribution in [0, 0.1) is 0 Å². The van der Waals surface area contributed by atoms with Crippen molar-refractivity contribution in [2.24, 2.45) is 0 Å². The standard InChI is InChI=1S/C29H22O4/c30-29-25-13-7-8-14-26(25)33-28(29)17-23-15-16-24(31-19-21-9-3-1-4-10-21)18-27(23)32-20-22-11-5-2-6-12-22/h1-18H,19-20H2/b28-17-. The number of hydrogen-bond donors (Lipinski definition) is 0. The van der Waals surface area contributed by atoms with E-state index in [-0.39, 0.29) is 11.5 Å². The molecule has 0 saturated carbocycles. The van der Waals surface area contributed by atoms with E-state index in [0.717, 1.165) is 16.7 Å². The number of hydrogen-bond acceptors (Lipinski definition) is 4. The Morgan fingerprint density at radius 2 is 1.33 bits per heavy atom. The van der Waals surface area contributed by atoms with Crippen LogP contribution in [0.5, 0.6) is 17.2 Å². The van der Waals surface area contributed by atoms with E-state index in [2.05, 4.69) is 0 Å². The van der Waals surface area contributed by atoms with E-state index in [1.54, 1.807) is 18.2 Å². The number of para-hydroxylation sites is 1. The highest BCUT2D eigenvalue weighted by Gasteiger charge is 2.27. The zero-order valence-electron chi connectivity index (χ0n) is 17.9. The number of carbonyl (C=O) groups excluding carboxylic acids is 1. The number of carbonyl (C=O) groups is 1. The lowest BCUT2D eigenvalue weighted by atomic mass is 10.1. The molecule has 33 heavy (non-hydrogen) atoms. The number of ether oxygens (including phenoxy) is 3. The van der Waals surface area contributed by atoms with Crippen LogP contribution in [0.15, 0.2) is 109 Å². The quantitative estimate of drug-likeness (QED) is 0.313. The lowest BCUT2D eigenvalue weighted by Crippen LogP contribution is -2.01. The molecule has 4 heteroatoms. The average Bonchev–Trinajstić information content (AvgIpc) is 3.19. The summed E-state index contributed by atoms with van der Waals surface area (Å²) in [5.74, 6) is 2.02. The minimum Gasteiger partial charge on any atom is -0.489 e. The van der Waals surface area contributed by atoms with Crippen molar-refractivity contribution >= 4 is 11.9 Å². The van der Waals surface area contributed by atoms with Crippen molar-refractivity contribution in [2.45, 2.75) is 13.2 Å². The highest BCUT2D eigenvalue weighted by Crippen LogP contribution is 2.34. The summed E-state index contributed by atoms with van der Waals surface area (Å²) < 4.78 is 17.9. The summed E-state index contributed by atoms with van der Waals surface area (Å²) in [6, 6.07) is 32.8. The molecule has 0 unspecified atom stereocenters. The van der Waals surface area contributed by atoms with Crippen molar-refractivity contribution in [1.82, 2.24) is 0 Å². The molecule has 4 aromatic carbocycles. The Labute approximate surface area is 192 Å². The fraction of sp³-hybridized carbons (Fsp3) is 0.0690. The summed E-state index contributed by atoms with van der Waals surface area (Å²) in [6.45, 7) is 0.852. The monoisotopic (exact) mass is 434 g/mol. The lowest BCUT2D eigenvalue weighted by molar-refractivity contribution is 0.101. The number of rotatable bonds is 7. The molecule has 5 rings (SSSR count). The summed E-state index contributed by atoms with van der Waals surface area (Å²) in [5, 5.41) is 0. The minimum atomic E-state index is -0.135. The van der Waals surface area contributed by atoms with Gasteiger partial charge in [-0.2, -0.15) is 0 Å². The first kappa shape index (κ1) is 20.6. The molecule has 0 atom stereocenters. The van der Waals surface area contributed by atoms with Gasteiger partial charge in [-0.05, 0) is 41.5 Å². The molecule has 0 bridgehead atoms. The predicted molar refractivity (Wildman–Crippen MR) is 127 cm³/mol. The fourth-order valence-electron chi connectivity index (χ4n) is 3.60. The summed E-state index contributed by atoms with van der Waals surface area (Å²) in [5.41, 5.74) is 3.44. The van der Waals surface area contributed by atoms with Crippen molar-refractivity contribution in [3.63, 3.8) is 0 Å². The number of ketones is 1. The SMILES string of the molecule is O=C1/C(=C/c2ccc(OCc3ccccc3)cc2OCc2ccccc2)Oc2ccccc21. The molecule has 0 saturated heterocycles. The van der Waals surface area contributed by atoms with Crippen LogP contribution in [-0.2, 0) is 13.2 Å². The zero-order chi connectivity index (χ0) is 22.5. The van der Waals surface area contributed by atoms with Crippen LogP contribution >= 0.6 is 0 Å². The highest BCUT2D eigenvalue weighted by atomic mass is 16.5. The first-order valence-electron chi connectivity index (χ1n) is 10.8. The molecule has 0 fully saturated rings. The van der Waals surface area contributed by atoms with Gasteiger partial charge in [0.25, 0.3) is 0 Å². The molecule has 4 aromatic rings. The molecule has 0 radical (unpaired) electrons. The lowest BCUT2D eigenvalue weighted by Gasteiger charge is -2.13. The van der Waals surface area contributed by atoms with Gasteiger partial charge in [-0.3, -0.25) is 4.79 Å². The van der Waals surface area contributed by atoms with Crippen LogP contribution < -0.4 is 14.2 Å². The second kappa shape index (κ2) is 9.45. The first-order chi connectivity index (χ1) is 16.3. The summed E-state index contributed by atoms with van der Waals surface area (Å²) in [4.78, 5) is 12.8. The van der Waals surface area contributed by atoms with E-state index in [1.807, 2.05) is 91.0 Å². The molecular formula is C29H22O4. The smallest absolute Gasteiger partial charge is 0.231 e. The van der Waals surface area contributed by atoms with Gasteiger partial charge in [0.05, 0.1) is 5.56 Å². The number of allylic oxidation sites excluding steroid dienone is 1. The van der Waals surface area contributed by atoms with Crippen LogP contribution in [-0.4, -0.2) is 5.78 Å². The molecule has 0 amide bonds. The van der Waals surface area contributed by atoms with Gasteiger partial charge in [0.15, 0.2) is 5.76 Å². The van der Waals surface area contributed by atoms with Crippen molar-refractivity contribution in [2.75, 3.05) is 0 Å². The third-order valence-corrected chi connectivity index (χ3v) is 5.33. The van der Waals surface area contributed by atoms with E-state index in [1.165, 1.54) is 0 Å². The zero-order valence-corrected chi connectivity index (χ0v) is 17.9. The fourth-order valence-corrected chi connectivity index (χ4v) is 3.60. The average molecular weight is 434 g/mol. The largest absolute Gasteiger partial charge is 0.489 e. The van der Waals surface area contributed by atoms with Gasteiger partial charge >= 0.3 is 0 Å². The Bertz CT molecular complexity index is 1290. The first-order valence-corrected chi connectivity index (χ1v) is 10.8. The van der Waals surface area contributed by atoms with Gasteiger partial charge in [-0.1, -0.05) is 72.8 Å². The molecule has 1 heterocycles. The van der Waals surface area contributed by atoms with Crippen LogP contribution in [0.1, 0.15) is 27.0 Å². The van der Waals surface area contributed by atoms with Gasteiger partial charge in [-0.15, -0.1) is 0 Å². The van der Waals surface area contributed by atoms with Crippen LogP contribution in [0.25, 0.3) is 6.08 Å². The number of benzene rings is 4. The molecule has 1 aliphatic rings. The Hall–Kier alpha value is -4.31. The maximum atomic E-state index is 12.8. The van der Waals surface area contributed by atoms with Crippen LogP contribution in [0.2, 0.25) is 0 Å². The summed E-state index contributed by atoms with van der Waals surface area (Å²) >= 11 is 0. The Morgan fingerprint density at radius 1 is 0.697 bits per heavy atom. The Balaban J connectivity index is 1.41. The number of Topliss-reactive ketones (excluding diaryl/α,β-unsaturated/α-hetero) is 1. The van der Waals surface area contributed by atoms with E-state index in [4.69, 9.17) is 14.2 Å². The maximum Gasteiger partial charge on any atom is 0.231 e.